The number of aromatic nitrogens is 2. The largest absolute Gasteiger partial charge is 0.340 e. The summed E-state index contributed by atoms with van der Waals surface area (Å²) in [6, 6.07) is 8.16. The lowest BCUT2D eigenvalue weighted by Gasteiger charge is -2.16. The molecule has 3 rings (SSSR count). The van der Waals surface area contributed by atoms with E-state index in [9.17, 15) is 0 Å². The molecule has 3 N–H and O–H groups in total. The van der Waals surface area contributed by atoms with Crippen LogP contribution in [0.15, 0.2) is 30.6 Å². The molecule has 0 radical (unpaired) electrons. The van der Waals surface area contributed by atoms with E-state index in [-0.39, 0.29) is 6.04 Å². The van der Waals surface area contributed by atoms with Crippen molar-refractivity contribution in [3.63, 3.8) is 0 Å². The fraction of sp³-hybridized carbons (Fsp3) is 0.412. The van der Waals surface area contributed by atoms with Crippen molar-refractivity contribution in [1.82, 2.24) is 9.97 Å². The third-order valence-corrected chi connectivity index (χ3v) is 4.08. The van der Waals surface area contributed by atoms with Crippen LogP contribution in [0.3, 0.4) is 0 Å². The van der Waals surface area contributed by atoms with Gasteiger partial charge in [0.15, 0.2) is 0 Å². The summed E-state index contributed by atoms with van der Waals surface area (Å²) in [5.74, 6) is 0.940. The molecule has 1 aromatic carbocycles. The molecule has 1 atom stereocenters. The van der Waals surface area contributed by atoms with E-state index in [1.165, 1.54) is 30.5 Å². The van der Waals surface area contributed by atoms with Crippen molar-refractivity contribution in [1.29, 1.82) is 0 Å². The zero-order valence-corrected chi connectivity index (χ0v) is 12.5. The molecule has 1 aliphatic rings. The first-order valence-electron chi connectivity index (χ1n) is 7.70. The van der Waals surface area contributed by atoms with Gasteiger partial charge in [-0.1, -0.05) is 24.6 Å². The zero-order valence-electron chi connectivity index (χ0n) is 12.5. The third-order valence-electron chi connectivity index (χ3n) is 4.08. The molecule has 1 aliphatic carbocycles. The fourth-order valence-corrected chi connectivity index (χ4v) is 2.94. The van der Waals surface area contributed by atoms with E-state index < -0.39 is 0 Å². The second-order valence-electron chi connectivity index (χ2n) is 5.71. The molecule has 1 aromatic heterocycles. The number of nitrogens with zero attached hydrogens (tertiary/aromatic N) is 2. The molecule has 0 amide bonds. The van der Waals surface area contributed by atoms with E-state index in [2.05, 4.69) is 27.4 Å². The maximum atomic E-state index is 6.06. The van der Waals surface area contributed by atoms with Crippen LogP contribution in [-0.2, 0) is 12.8 Å². The maximum absolute atomic E-state index is 6.06. The van der Waals surface area contributed by atoms with Crippen molar-refractivity contribution in [2.24, 2.45) is 5.73 Å². The molecule has 1 heterocycles. The molecule has 0 bridgehead atoms. The van der Waals surface area contributed by atoms with Crippen LogP contribution >= 0.6 is 0 Å². The van der Waals surface area contributed by atoms with Gasteiger partial charge in [-0.15, -0.1) is 0 Å². The first-order valence-corrected chi connectivity index (χ1v) is 7.70. The van der Waals surface area contributed by atoms with Gasteiger partial charge in [-0.05, 0) is 44.2 Å². The van der Waals surface area contributed by atoms with Crippen molar-refractivity contribution < 1.29 is 0 Å². The Hall–Kier alpha value is -1.94. The minimum Gasteiger partial charge on any atom is -0.340 e. The molecule has 0 fully saturated rings. The first kappa shape index (κ1) is 14.0. The minimum absolute atomic E-state index is 0.00542. The van der Waals surface area contributed by atoms with Gasteiger partial charge in [-0.2, -0.15) is 0 Å². The lowest BCUT2D eigenvalue weighted by molar-refractivity contribution is 0.709. The van der Waals surface area contributed by atoms with Gasteiger partial charge in [0.1, 0.15) is 12.1 Å². The van der Waals surface area contributed by atoms with E-state index >= 15 is 0 Å². The highest BCUT2D eigenvalue weighted by atomic mass is 15.0. The van der Waals surface area contributed by atoms with E-state index in [1.54, 1.807) is 6.33 Å². The smallest absolute Gasteiger partial charge is 0.137 e. The van der Waals surface area contributed by atoms with E-state index in [0.717, 1.165) is 29.9 Å². The van der Waals surface area contributed by atoms with Crippen LogP contribution < -0.4 is 11.1 Å². The van der Waals surface area contributed by atoms with Crippen molar-refractivity contribution >= 4 is 11.5 Å². The number of aryl methyl sites for hydroxylation is 1. The quantitative estimate of drug-likeness (QED) is 0.846. The number of fused-ring (bicyclic) bond motifs is 1. The topological polar surface area (TPSA) is 63.8 Å². The Balaban J connectivity index is 1.96. The average Bonchev–Trinajstić information content (AvgIpc) is 2.74. The summed E-state index contributed by atoms with van der Waals surface area (Å²) in [7, 11) is 0. The summed E-state index contributed by atoms with van der Waals surface area (Å²) >= 11 is 0. The Kier molecular flexibility index (Phi) is 4.15. The summed E-state index contributed by atoms with van der Waals surface area (Å²) in [6.45, 7) is 2.00. The van der Waals surface area contributed by atoms with E-state index in [4.69, 9.17) is 5.73 Å². The van der Waals surface area contributed by atoms with Crippen molar-refractivity contribution in [2.45, 2.75) is 45.1 Å². The third kappa shape index (κ3) is 3.05. The van der Waals surface area contributed by atoms with Crippen molar-refractivity contribution in [3.8, 4) is 0 Å². The van der Waals surface area contributed by atoms with E-state index in [1.807, 2.05) is 19.1 Å². The van der Waals surface area contributed by atoms with Crippen LogP contribution in [0.4, 0.5) is 11.5 Å². The number of hydrogen-bond acceptors (Lipinski definition) is 4. The SMILES string of the molecule is CC(N)c1ccccc1Nc1ncnc2c1CCCCC2. The number of para-hydroxylation sites is 1. The summed E-state index contributed by atoms with van der Waals surface area (Å²) in [5.41, 5.74) is 10.7. The Bertz CT molecular complexity index is 622. The highest BCUT2D eigenvalue weighted by molar-refractivity contribution is 5.64. The second kappa shape index (κ2) is 6.22. The monoisotopic (exact) mass is 282 g/mol. The lowest BCUT2D eigenvalue weighted by atomic mass is 10.1. The standard InChI is InChI=1S/C17H22N4/c1-12(18)13-7-5-6-10-16(13)21-17-14-8-3-2-4-9-15(14)19-11-20-17/h5-7,10-12H,2-4,8-9,18H2,1H3,(H,19,20,21). The number of anilines is 2. The highest BCUT2D eigenvalue weighted by Crippen LogP contribution is 2.29. The predicted molar refractivity (Wildman–Crippen MR) is 85.6 cm³/mol. The molecule has 2 aromatic rings. The molecule has 0 saturated carbocycles. The molecular weight excluding hydrogens is 260 g/mol. The molecule has 4 heteroatoms. The van der Waals surface area contributed by atoms with Gasteiger partial charge in [0, 0.05) is 23.0 Å². The van der Waals surface area contributed by atoms with E-state index in [0.29, 0.717) is 0 Å². The summed E-state index contributed by atoms with van der Waals surface area (Å²) < 4.78 is 0. The Morgan fingerprint density at radius 2 is 1.90 bits per heavy atom. The molecular formula is C17H22N4. The van der Waals surface area contributed by atoms with Gasteiger partial charge >= 0.3 is 0 Å². The summed E-state index contributed by atoms with van der Waals surface area (Å²) in [6.07, 6.45) is 7.48. The predicted octanol–water partition coefficient (Wildman–Crippen LogP) is 3.51. The van der Waals surface area contributed by atoms with Gasteiger partial charge in [0.25, 0.3) is 0 Å². The molecule has 110 valence electrons. The van der Waals surface area contributed by atoms with Gasteiger partial charge in [0.2, 0.25) is 0 Å². The zero-order chi connectivity index (χ0) is 14.7. The van der Waals surface area contributed by atoms with Crippen molar-refractivity contribution in [3.05, 3.63) is 47.4 Å². The number of nitrogens with one attached hydrogen (secondary N) is 1. The van der Waals surface area contributed by atoms with Crippen LogP contribution in [-0.4, -0.2) is 9.97 Å². The molecule has 1 unspecified atom stereocenters. The van der Waals surface area contributed by atoms with Crippen LogP contribution in [0.2, 0.25) is 0 Å². The summed E-state index contributed by atoms with van der Waals surface area (Å²) in [4.78, 5) is 8.93. The lowest BCUT2D eigenvalue weighted by Crippen LogP contribution is -2.10. The first-order chi connectivity index (χ1) is 10.3. The molecule has 4 nitrogen and oxygen atoms in total. The van der Waals surface area contributed by atoms with Crippen LogP contribution in [0.25, 0.3) is 0 Å². The van der Waals surface area contributed by atoms with Gasteiger partial charge in [-0.3, -0.25) is 0 Å². The van der Waals surface area contributed by atoms with Gasteiger partial charge < -0.3 is 11.1 Å². The van der Waals surface area contributed by atoms with Crippen LogP contribution in [0, 0.1) is 0 Å². The fourth-order valence-electron chi connectivity index (χ4n) is 2.94. The van der Waals surface area contributed by atoms with Gasteiger partial charge in [-0.25, -0.2) is 9.97 Å². The molecule has 0 spiro atoms. The minimum atomic E-state index is -0.00542. The Morgan fingerprint density at radius 3 is 2.76 bits per heavy atom. The summed E-state index contributed by atoms with van der Waals surface area (Å²) in [5, 5.41) is 3.48. The van der Waals surface area contributed by atoms with Gasteiger partial charge in [0.05, 0.1) is 0 Å². The molecule has 21 heavy (non-hydrogen) atoms. The van der Waals surface area contributed by atoms with Crippen LogP contribution in [0.5, 0.6) is 0 Å². The number of nitrogens with two attached hydrogens (primary N) is 1. The Labute approximate surface area is 125 Å². The van der Waals surface area contributed by atoms with Crippen LogP contribution in [0.1, 0.15) is 49.0 Å². The number of hydrogen-bond donors (Lipinski definition) is 2. The Morgan fingerprint density at radius 1 is 1.10 bits per heavy atom. The molecule has 0 aliphatic heterocycles. The molecule has 0 saturated heterocycles. The maximum Gasteiger partial charge on any atom is 0.137 e. The highest BCUT2D eigenvalue weighted by Gasteiger charge is 2.15. The number of benzene rings is 1. The second-order valence-corrected chi connectivity index (χ2v) is 5.71. The number of rotatable bonds is 3. The normalized spacial score (nSPS) is 15.9. The van der Waals surface area contributed by atoms with Crippen molar-refractivity contribution in [2.75, 3.05) is 5.32 Å². The average molecular weight is 282 g/mol.